The Kier molecular flexibility index (Phi) is 4.74. The number of hydrogen-bond donors (Lipinski definition) is 2. The summed E-state index contributed by atoms with van der Waals surface area (Å²) in [6.07, 6.45) is -4.51. The van der Waals surface area contributed by atoms with Gasteiger partial charge in [-0.2, -0.15) is 27.1 Å². The first-order valence-corrected chi connectivity index (χ1v) is 8.11. The van der Waals surface area contributed by atoms with E-state index < -0.39 is 47.0 Å². The molecule has 1 atom stereocenters. The molecule has 1 aromatic carbocycles. The minimum absolute atomic E-state index is 0.150. The Morgan fingerprint density at radius 3 is 2.32 bits per heavy atom. The number of nitrogens with zero attached hydrogens (tertiary/aromatic N) is 3. The summed E-state index contributed by atoms with van der Waals surface area (Å²) >= 11 is 0. The Hall–Kier alpha value is -2.82. The van der Waals surface area contributed by atoms with Crippen LogP contribution in [0.3, 0.4) is 0 Å². The quantitative estimate of drug-likeness (QED) is 0.657. The number of hydrogen-bond acceptors (Lipinski definition) is 4. The highest BCUT2D eigenvalue weighted by Gasteiger charge is 2.39. The average Bonchev–Trinajstić information content (AvgIpc) is 3.01. The molecule has 6 nitrogen and oxygen atoms in total. The van der Waals surface area contributed by atoms with Gasteiger partial charge in [0.15, 0.2) is 5.65 Å². The van der Waals surface area contributed by atoms with Gasteiger partial charge in [0.1, 0.15) is 23.5 Å². The summed E-state index contributed by atoms with van der Waals surface area (Å²) in [5.74, 6) is -3.65. The molecule has 150 valence electrons. The van der Waals surface area contributed by atoms with Gasteiger partial charge in [-0.15, -0.1) is 0 Å². The smallest absolute Gasteiger partial charge is 0.390 e. The molecule has 0 unspecified atom stereocenters. The van der Waals surface area contributed by atoms with E-state index >= 15 is 0 Å². The number of aromatic amines is 1. The summed E-state index contributed by atoms with van der Waals surface area (Å²) in [5.41, 5.74) is -2.46. The van der Waals surface area contributed by atoms with E-state index in [0.29, 0.717) is 5.56 Å². The van der Waals surface area contributed by atoms with Crippen molar-refractivity contribution in [3.8, 4) is 0 Å². The lowest BCUT2D eigenvalue weighted by Crippen LogP contribution is -2.22. The van der Waals surface area contributed by atoms with Crippen molar-refractivity contribution in [2.45, 2.75) is 32.0 Å². The molecule has 3 aromatic rings. The number of rotatable bonds is 4. The van der Waals surface area contributed by atoms with Crippen LogP contribution in [0.25, 0.3) is 11.0 Å². The second kappa shape index (κ2) is 6.66. The standard InChI is InChI=1S/C17H15F5N4O2/c1-8(10-3-5-11(6-4-10)17(20,21)22)26-14-12(15(28)24-9(2)23-14)13(25-26)16(18,19)7-27/h3-6,8,27H,7H2,1-2H3,(H,23,24,28)/t8-/m0/s1. The summed E-state index contributed by atoms with van der Waals surface area (Å²) in [4.78, 5) is 18.6. The predicted octanol–water partition coefficient (Wildman–Crippen LogP) is 3.14. The topological polar surface area (TPSA) is 83.8 Å². The number of aliphatic hydroxyl groups is 1. The minimum Gasteiger partial charge on any atom is -0.390 e. The Morgan fingerprint density at radius 1 is 1.18 bits per heavy atom. The summed E-state index contributed by atoms with van der Waals surface area (Å²) < 4.78 is 67.5. The molecule has 0 saturated heterocycles. The number of halogens is 5. The zero-order valence-corrected chi connectivity index (χ0v) is 14.7. The van der Waals surface area contributed by atoms with E-state index in [1.165, 1.54) is 26.0 Å². The van der Waals surface area contributed by atoms with Crippen molar-refractivity contribution >= 4 is 11.0 Å². The molecular weight excluding hydrogens is 387 g/mol. The first-order chi connectivity index (χ1) is 13.0. The lowest BCUT2D eigenvalue weighted by molar-refractivity contribution is -0.137. The molecule has 11 heteroatoms. The van der Waals surface area contributed by atoms with E-state index in [1.807, 2.05) is 0 Å². The SMILES string of the molecule is Cc1nc2c(c(C(F)(F)CO)nn2[C@@H](C)c2ccc(C(F)(F)F)cc2)c(=O)[nH]1. The molecule has 2 N–H and O–H groups in total. The van der Waals surface area contributed by atoms with Crippen LogP contribution in [-0.4, -0.2) is 31.5 Å². The maximum Gasteiger partial charge on any atom is 0.416 e. The maximum absolute atomic E-state index is 14.1. The van der Waals surface area contributed by atoms with Crippen LogP contribution in [0.4, 0.5) is 22.0 Å². The first kappa shape index (κ1) is 19.9. The second-order valence-corrected chi connectivity index (χ2v) is 6.30. The van der Waals surface area contributed by atoms with Crippen molar-refractivity contribution in [3.05, 3.63) is 57.3 Å². The van der Waals surface area contributed by atoms with Crippen molar-refractivity contribution < 1.29 is 27.1 Å². The molecule has 2 aromatic heterocycles. The summed E-state index contributed by atoms with van der Waals surface area (Å²) in [6, 6.07) is 3.33. The van der Waals surface area contributed by atoms with Crippen molar-refractivity contribution in [2.75, 3.05) is 6.61 Å². The van der Waals surface area contributed by atoms with Gasteiger partial charge < -0.3 is 10.1 Å². The average molecular weight is 402 g/mol. The molecule has 0 spiro atoms. The monoisotopic (exact) mass is 402 g/mol. The molecule has 3 rings (SSSR count). The molecule has 0 amide bonds. The number of aliphatic hydroxyl groups excluding tert-OH is 1. The number of H-pyrrole nitrogens is 1. The van der Waals surface area contributed by atoms with Crippen LogP contribution in [-0.2, 0) is 12.1 Å². The third-order valence-electron chi connectivity index (χ3n) is 4.31. The molecule has 28 heavy (non-hydrogen) atoms. The molecule has 0 bridgehead atoms. The van der Waals surface area contributed by atoms with Gasteiger partial charge in [0.25, 0.3) is 5.56 Å². The number of alkyl halides is 5. The zero-order valence-electron chi connectivity index (χ0n) is 14.7. The fraction of sp³-hybridized carbons (Fsp3) is 0.353. The van der Waals surface area contributed by atoms with Crippen LogP contribution in [0.5, 0.6) is 0 Å². The van der Waals surface area contributed by atoms with Gasteiger partial charge in [-0.05, 0) is 31.5 Å². The fourth-order valence-electron chi connectivity index (χ4n) is 2.85. The molecular formula is C17H15F5N4O2. The molecule has 0 aliphatic rings. The predicted molar refractivity (Wildman–Crippen MR) is 89.1 cm³/mol. The van der Waals surface area contributed by atoms with Gasteiger partial charge in [-0.1, -0.05) is 12.1 Å². The third-order valence-corrected chi connectivity index (χ3v) is 4.31. The van der Waals surface area contributed by atoms with Crippen LogP contribution >= 0.6 is 0 Å². The van der Waals surface area contributed by atoms with E-state index in [4.69, 9.17) is 5.11 Å². The lowest BCUT2D eigenvalue weighted by atomic mass is 10.1. The normalized spacial score (nSPS) is 13.9. The maximum atomic E-state index is 14.1. The summed E-state index contributed by atoms with van der Waals surface area (Å²) in [7, 11) is 0. The highest BCUT2D eigenvalue weighted by atomic mass is 19.4. The molecule has 0 fully saturated rings. The molecule has 0 radical (unpaired) electrons. The molecule has 0 aliphatic heterocycles. The Labute approximate surface area is 154 Å². The molecule has 2 heterocycles. The Bertz CT molecular complexity index is 1070. The molecule has 0 aliphatic carbocycles. The van der Waals surface area contributed by atoms with E-state index in [0.717, 1.165) is 16.8 Å². The Balaban J connectivity index is 2.19. The number of aromatic nitrogens is 4. The summed E-state index contributed by atoms with van der Waals surface area (Å²) in [5, 5.41) is 12.3. The third kappa shape index (κ3) is 3.37. The van der Waals surface area contributed by atoms with Crippen molar-refractivity contribution in [3.63, 3.8) is 0 Å². The van der Waals surface area contributed by atoms with Gasteiger partial charge in [-0.3, -0.25) is 4.79 Å². The van der Waals surface area contributed by atoms with Gasteiger partial charge in [-0.25, -0.2) is 9.67 Å². The van der Waals surface area contributed by atoms with E-state index in [2.05, 4.69) is 15.1 Å². The second-order valence-electron chi connectivity index (χ2n) is 6.30. The van der Waals surface area contributed by atoms with Crippen molar-refractivity contribution in [1.82, 2.24) is 19.7 Å². The van der Waals surface area contributed by atoms with Gasteiger partial charge in [0.2, 0.25) is 0 Å². The number of benzene rings is 1. The van der Waals surface area contributed by atoms with Gasteiger partial charge >= 0.3 is 12.1 Å². The fourth-order valence-corrected chi connectivity index (χ4v) is 2.85. The van der Waals surface area contributed by atoms with Gasteiger partial charge in [0, 0.05) is 0 Å². The van der Waals surface area contributed by atoms with Crippen LogP contribution in [0.1, 0.15) is 35.6 Å². The first-order valence-electron chi connectivity index (χ1n) is 8.11. The van der Waals surface area contributed by atoms with Crippen LogP contribution in [0.15, 0.2) is 29.1 Å². The highest BCUT2D eigenvalue weighted by molar-refractivity contribution is 5.78. The largest absolute Gasteiger partial charge is 0.416 e. The Morgan fingerprint density at radius 2 is 1.79 bits per heavy atom. The number of nitrogens with one attached hydrogen (secondary N) is 1. The van der Waals surface area contributed by atoms with E-state index in [-0.39, 0.29) is 11.5 Å². The number of fused-ring (bicyclic) bond motifs is 1. The van der Waals surface area contributed by atoms with Crippen LogP contribution in [0, 0.1) is 6.92 Å². The minimum atomic E-state index is -4.51. The van der Waals surface area contributed by atoms with Crippen molar-refractivity contribution in [1.29, 1.82) is 0 Å². The molecule has 0 saturated carbocycles. The lowest BCUT2D eigenvalue weighted by Gasteiger charge is -2.15. The van der Waals surface area contributed by atoms with Crippen LogP contribution in [0.2, 0.25) is 0 Å². The van der Waals surface area contributed by atoms with Crippen LogP contribution < -0.4 is 5.56 Å². The number of aryl methyl sites for hydroxylation is 1. The van der Waals surface area contributed by atoms with E-state index in [1.54, 1.807) is 0 Å². The zero-order chi connectivity index (χ0) is 20.9. The van der Waals surface area contributed by atoms with E-state index in [9.17, 15) is 26.7 Å². The van der Waals surface area contributed by atoms with Crippen molar-refractivity contribution in [2.24, 2.45) is 0 Å². The highest BCUT2D eigenvalue weighted by Crippen LogP contribution is 2.34. The van der Waals surface area contributed by atoms with Gasteiger partial charge in [0.05, 0.1) is 11.6 Å². The summed E-state index contributed by atoms with van der Waals surface area (Å²) in [6.45, 7) is 1.40.